The van der Waals surface area contributed by atoms with Gasteiger partial charge in [0, 0.05) is 17.1 Å². The van der Waals surface area contributed by atoms with Gasteiger partial charge >= 0.3 is 0 Å². The summed E-state index contributed by atoms with van der Waals surface area (Å²) in [5.74, 6) is 0.821. The molecular formula is C13H13Cl2N3O2S. The lowest BCUT2D eigenvalue weighted by Gasteiger charge is -2.10. The summed E-state index contributed by atoms with van der Waals surface area (Å²) in [6.45, 7) is 3.84. The molecule has 0 bridgehead atoms. The Bertz CT molecular complexity index is 764. The molecular weight excluding hydrogens is 333 g/mol. The molecule has 0 radical (unpaired) electrons. The molecule has 0 spiro atoms. The molecule has 0 saturated carbocycles. The Kier molecular flexibility index (Phi) is 4.70. The first-order chi connectivity index (χ1) is 9.79. The van der Waals surface area contributed by atoms with Crippen LogP contribution in [-0.2, 0) is 10.0 Å². The molecule has 0 amide bonds. The number of sulfonamides is 1. The predicted octanol–water partition coefficient (Wildman–Crippen LogP) is 3.71. The third-order valence-electron chi connectivity index (χ3n) is 2.61. The average molecular weight is 346 g/mol. The maximum Gasteiger partial charge on any atom is 0.264 e. The molecule has 8 heteroatoms. The second kappa shape index (κ2) is 6.17. The van der Waals surface area contributed by atoms with Crippen molar-refractivity contribution in [2.45, 2.75) is 24.7 Å². The van der Waals surface area contributed by atoms with E-state index in [0.29, 0.717) is 5.82 Å². The second-order valence-corrected chi connectivity index (χ2v) is 7.13. The Balaban J connectivity index is 2.37. The maximum absolute atomic E-state index is 12.3. The zero-order valence-electron chi connectivity index (χ0n) is 11.3. The van der Waals surface area contributed by atoms with Crippen molar-refractivity contribution in [3.63, 3.8) is 0 Å². The molecule has 1 aromatic heterocycles. The summed E-state index contributed by atoms with van der Waals surface area (Å²) in [5.41, 5.74) is 0. The van der Waals surface area contributed by atoms with E-state index in [2.05, 4.69) is 14.7 Å². The number of aromatic nitrogens is 2. The van der Waals surface area contributed by atoms with Crippen LogP contribution in [0.25, 0.3) is 0 Å². The monoisotopic (exact) mass is 345 g/mol. The lowest BCUT2D eigenvalue weighted by atomic mass is 10.2. The minimum atomic E-state index is -3.87. The van der Waals surface area contributed by atoms with Gasteiger partial charge in [0.05, 0.1) is 5.02 Å². The molecule has 5 nitrogen and oxygen atoms in total. The van der Waals surface area contributed by atoms with Crippen molar-refractivity contribution >= 4 is 39.0 Å². The van der Waals surface area contributed by atoms with Crippen LogP contribution in [-0.4, -0.2) is 18.4 Å². The van der Waals surface area contributed by atoms with E-state index in [9.17, 15) is 8.42 Å². The van der Waals surface area contributed by atoms with Gasteiger partial charge in [0.2, 0.25) is 0 Å². The van der Waals surface area contributed by atoms with Crippen molar-refractivity contribution in [1.82, 2.24) is 9.97 Å². The highest BCUT2D eigenvalue weighted by molar-refractivity contribution is 7.92. The van der Waals surface area contributed by atoms with Gasteiger partial charge in [-0.3, -0.25) is 4.72 Å². The van der Waals surface area contributed by atoms with Crippen LogP contribution in [0.1, 0.15) is 25.6 Å². The molecule has 1 N–H and O–H groups in total. The standard InChI is InChI=1S/C13H13Cl2N3O2S/c1-8(2)13-16-6-5-12(17-13)18-21(19,20)11-7-9(14)3-4-10(11)15/h3-8H,1-2H3,(H,16,17,18). The van der Waals surface area contributed by atoms with E-state index in [1.54, 1.807) is 0 Å². The summed E-state index contributed by atoms with van der Waals surface area (Å²) in [7, 11) is -3.87. The van der Waals surface area contributed by atoms with Crippen molar-refractivity contribution in [3.8, 4) is 0 Å². The van der Waals surface area contributed by atoms with Crippen molar-refractivity contribution in [2.75, 3.05) is 4.72 Å². The van der Waals surface area contributed by atoms with Crippen LogP contribution in [0, 0.1) is 0 Å². The van der Waals surface area contributed by atoms with Crippen LogP contribution < -0.4 is 4.72 Å². The number of nitrogens with zero attached hydrogens (tertiary/aromatic N) is 2. The highest BCUT2D eigenvalue weighted by Gasteiger charge is 2.19. The molecule has 112 valence electrons. The molecule has 0 aliphatic carbocycles. The summed E-state index contributed by atoms with van der Waals surface area (Å²) < 4.78 is 27.1. The highest BCUT2D eigenvalue weighted by atomic mass is 35.5. The summed E-state index contributed by atoms with van der Waals surface area (Å²) in [5, 5.41) is 0.371. The first-order valence-corrected chi connectivity index (χ1v) is 8.34. The minimum Gasteiger partial charge on any atom is -0.263 e. The van der Waals surface area contributed by atoms with Crippen LogP contribution in [0.3, 0.4) is 0 Å². The van der Waals surface area contributed by atoms with Gasteiger partial charge in [0.1, 0.15) is 16.5 Å². The molecule has 0 fully saturated rings. The van der Waals surface area contributed by atoms with Crippen molar-refractivity contribution < 1.29 is 8.42 Å². The maximum atomic E-state index is 12.3. The van der Waals surface area contributed by atoms with Crippen LogP contribution >= 0.6 is 23.2 Å². The lowest BCUT2D eigenvalue weighted by molar-refractivity contribution is 0.601. The molecule has 21 heavy (non-hydrogen) atoms. The number of halogens is 2. The third kappa shape index (κ3) is 3.84. The number of anilines is 1. The number of benzene rings is 1. The van der Waals surface area contributed by atoms with Crippen LogP contribution in [0.4, 0.5) is 5.82 Å². The van der Waals surface area contributed by atoms with Gasteiger partial charge in [-0.1, -0.05) is 37.0 Å². The number of rotatable bonds is 4. The quantitative estimate of drug-likeness (QED) is 0.916. The van der Waals surface area contributed by atoms with Gasteiger partial charge in [-0.15, -0.1) is 0 Å². The highest BCUT2D eigenvalue weighted by Crippen LogP contribution is 2.26. The fourth-order valence-corrected chi connectivity index (χ4v) is 3.35. The molecule has 0 atom stereocenters. The molecule has 2 aromatic rings. The summed E-state index contributed by atoms with van der Waals surface area (Å²) in [4.78, 5) is 8.14. The number of hydrogen-bond donors (Lipinski definition) is 1. The first-order valence-electron chi connectivity index (χ1n) is 6.10. The van der Waals surface area contributed by atoms with Gasteiger partial charge in [0.15, 0.2) is 0 Å². The Hall–Kier alpha value is -1.37. The molecule has 0 aliphatic heterocycles. The zero-order valence-corrected chi connectivity index (χ0v) is 13.7. The SMILES string of the molecule is CC(C)c1nccc(NS(=O)(=O)c2cc(Cl)ccc2Cl)n1. The smallest absolute Gasteiger partial charge is 0.263 e. The fraction of sp³-hybridized carbons (Fsp3) is 0.231. The predicted molar refractivity (Wildman–Crippen MR) is 83.4 cm³/mol. The summed E-state index contributed by atoms with van der Waals surface area (Å²) >= 11 is 11.7. The van der Waals surface area contributed by atoms with E-state index in [1.807, 2.05) is 13.8 Å². The zero-order chi connectivity index (χ0) is 15.6. The van der Waals surface area contributed by atoms with Crippen LogP contribution in [0.2, 0.25) is 10.0 Å². The molecule has 0 unspecified atom stereocenters. The van der Waals surface area contributed by atoms with Crippen molar-refractivity contribution in [1.29, 1.82) is 0 Å². The van der Waals surface area contributed by atoms with Gasteiger partial charge < -0.3 is 0 Å². The fourth-order valence-electron chi connectivity index (χ4n) is 1.58. The Morgan fingerprint density at radius 2 is 1.90 bits per heavy atom. The van der Waals surface area contributed by atoms with Gasteiger partial charge in [0.25, 0.3) is 10.0 Å². The van der Waals surface area contributed by atoms with E-state index in [4.69, 9.17) is 23.2 Å². The number of nitrogens with one attached hydrogen (secondary N) is 1. The van der Waals surface area contributed by atoms with Crippen molar-refractivity contribution in [2.24, 2.45) is 0 Å². The average Bonchev–Trinajstić information content (AvgIpc) is 2.41. The van der Waals surface area contributed by atoms with Gasteiger partial charge in [-0.25, -0.2) is 18.4 Å². The third-order valence-corrected chi connectivity index (χ3v) is 4.68. The molecule has 0 saturated heterocycles. The van der Waals surface area contributed by atoms with Crippen LogP contribution in [0.15, 0.2) is 35.4 Å². The first kappa shape index (κ1) is 16.0. The minimum absolute atomic E-state index is 0.0872. The normalized spacial score (nSPS) is 11.7. The Morgan fingerprint density at radius 3 is 2.57 bits per heavy atom. The molecule has 1 heterocycles. The van der Waals surface area contributed by atoms with Gasteiger partial charge in [-0.05, 0) is 24.3 Å². The van der Waals surface area contributed by atoms with E-state index in [-0.39, 0.29) is 26.7 Å². The van der Waals surface area contributed by atoms with Crippen molar-refractivity contribution in [3.05, 3.63) is 46.3 Å². The Morgan fingerprint density at radius 1 is 1.19 bits per heavy atom. The molecule has 1 aromatic carbocycles. The van der Waals surface area contributed by atoms with Gasteiger partial charge in [-0.2, -0.15) is 0 Å². The summed E-state index contributed by atoms with van der Waals surface area (Å²) in [6.07, 6.45) is 1.50. The molecule has 0 aliphatic rings. The summed E-state index contributed by atoms with van der Waals surface area (Å²) in [6, 6.07) is 5.71. The topological polar surface area (TPSA) is 72.0 Å². The van der Waals surface area contributed by atoms with Crippen LogP contribution in [0.5, 0.6) is 0 Å². The second-order valence-electron chi connectivity index (χ2n) is 4.64. The molecule has 2 rings (SSSR count). The largest absolute Gasteiger partial charge is 0.264 e. The van der Waals surface area contributed by atoms with E-state index in [0.717, 1.165) is 0 Å². The Labute approximate surface area is 133 Å². The van der Waals surface area contributed by atoms with E-state index >= 15 is 0 Å². The lowest BCUT2D eigenvalue weighted by Crippen LogP contribution is -2.15. The number of hydrogen-bond acceptors (Lipinski definition) is 4. The van der Waals surface area contributed by atoms with E-state index < -0.39 is 10.0 Å². The van der Waals surface area contributed by atoms with E-state index in [1.165, 1.54) is 30.5 Å².